The van der Waals surface area contributed by atoms with Crippen molar-refractivity contribution < 1.29 is 9.90 Å². The standard InChI is InChI=1S/C20H37NO2/c1-2-3-4-5-6-7-8-9-10-11-12-13-14-15-16-17-20(23)21-18-19-22/h9-10,18,22H,2-8,11-17,19H2,1H3/b10-9-,21-18?. The van der Waals surface area contributed by atoms with Crippen LogP contribution in [-0.2, 0) is 4.79 Å². The summed E-state index contributed by atoms with van der Waals surface area (Å²) in [5, 5.41) is 8.51. The van der Waals surface area contributed by atoms with Gasteiger partial charge in [-0.05, 0) is 32.1 Å². The fraction of sp³-hybridized carbons (Fsp3) is 0.800. The Labute approximate surface area is 143 Å². The van der Waals surface area contributed by atoms with Crippen LogP contribution in [0, 0.1) is 0 Å². The van der Waals surface area contributed by atoms with E-state index in [2.05, 4.69) is 24.1 Å². The Bertz CT molecular complexity index is 311. The summed E-state index contributed by atoms with van der Waals surface area (Å²) in [4.78, 5) is 14.8. The predicted octanol–water partition coefficient (Wildman–Crippen LogP) is 5.61. The quantitative estimate of drug-likeness (QED) is 0.228. The van der Waals surface area contributed by atoms with Crippen molar-refractivity contribution in [2.45, 2.75) is 96.8 Å². The molecule has 0 aliphatic rings. The Balaban J connectivity index is 3.19. The van der Waals surface area contributed by atoms with Crippen LogP contribution in [-0.4, -0.2) is 23.8 Å². The predicted molar refractivity (Wildman–Crippen MR) is 100 cm³/mol. The highest BCUT2D eigenvalue weighted by atomic mass is 16.3. The van der Waals surface area contributed by atoms with E-state index >= 15 is 0 Å². The van der Waals surface area contributed by atoms with Crippen molar-refractivity contribution in [3.8, 4) is 0 Å². The Hall–Kier alpha value is -0.960. The molecular formula is C20H37NO2. The van der Waals surface area contributed by atoms with E-state index in [0.29, 0.717) is 6.42 Å². The minimum atomic E-state index is -0.155. The number of aliphatic hydroxyl groups excluding tert-OH is 1. The van der Waals surface area contributed by atoms with Crippen molar-refractivity contribution in [2.75, 3.05) is 6.61 Å². The molecular weight excluding hydrogens is 286 g/mol. The van der Waals surface area contributed by atoms with Crippen LogP contribution >= 0.6 is 0 Å². The van der Waals surface area contributed by atoms with Gasteiger partial charge in [-0.1, -0.05) is 70.4 Å². The van der Waals surface area contributed by atoms with Crippen molar-refractivity contribution in [3.63, 3.8) is 0 Å². The lowest BCUT2D eigenvalue weighted by Crippen LogP contribution is -1.95. The van der Waals surface area contributed by atoms with Crippen LogP contribution in [0.5, 0.6) is 0 Å². The maximum atomic E-state index is 11.2. The molecule has 1 amide bonds. The summed E-state index contributed by atoms with van der Waals surface area (Å²) in [6.45, 7) is 2.11. The minimum absolute atomic E-state index is 0.114. The van der Waals surface area contributed by atoms with Gasteiger partial charge in [-0.15, -0.1) is 0 Å². The number of amides is 1. The highest BCUT2D eigenvalue weighted by molar-refractivity contribution is 5.85. The summed E-state index contributed by atoms with van der Waals surface area (Å²) in [5.41, 5.74) is 0. The van der Waals surface area contributed by atoms with Crippen molar-refractivity contribution in [1.29, 1.82) is 0 Å². The van der Waals surface area contributed by atoms with Gasteiger partial charge in [0.15, 0.2) is 0 Å². The second kappa shape index (κ2) is 19.1. The molecule has 0 aromatic carbocycles. The van der Waals surface area contributed by atoms with Crippen molar-refractivity contribution in [3.05, 3.63) is 12.2 Å². The lowest BCUT2D eigenvalue weighted by molar-refractivity contribution is -0.117. The first kappa shape index (κ1) is 22.0. The Morgan fingerprint density at radius 3 is 1.91 bits per heavy atom. The van der Waals surface area contributed by atoms with Gasteiger partial charge in [-0.25, -0.2) is 4.99 Å². The number of carbonyl (C=O) groups is 1. The normalized spacial score (nSPS) is 11.7. The van der Waals surface area contributed by atoms with E-state index in [-0.39, 0.29) is 12.5 Å². The third-order valence-electron chi connectivity index (χ3n) is 3.97. The summed E-state index contributed by atoms with van der Waals surface area (Å²) >= 11 is 0. The molecule has 23 heavy (non-hydrogen) atoms. The van der Waals surface area contributed by atoms with Crippen molar-refractivity contribution in [2.24, 2.45) is 4.99 Å². The summed E-state index contributed by atoms with van der Waals surface area (Å²) in [5.74, 6) is -0.114. The first-order chi connectivity index (χ1) is 11.3. The van der Waals surface area contributed by atoms with E-state index in [1.54, 1.807) is 0 Å². The average Bonchev–Trinajstić information content (AvgIpc) is 2.56. The molecule has 0 aliphatic heterocycles. The van der Waals surface area contributed by atoms with Gasteiger partial charge >= 0.3 is 0 Å². The second-order valence-electron chi connectivity index (χ2n) is 6.22. The lowest BCUT2D eigenvalue weighted by atomic mass is 10.1. The number of hydrogen-bond acceptors (Lipinski definition) is 2. The topological polar surface area (TPSA) is 49.7 Å². The summed E-state index contributed by atoms with van der Waals surface area (Å²) < 4.78 is 0. The largest absolute Gasteiger partial charge is 0.391 e. The highest BCUT2D eigenvalue weighted by Gasteiger charge is 1.97. The Morgan fingerprint density at radius 2 is 1.35 bits per heavy atom. The molecule has 1 N–H and O–H groups in total. The van der Waals surface area contributed by atoms with Gasteiger partial charge in [-0.3, -0.25) is 4.79 Å². The molecule has 0 saturated carbocycles. The molecule has 0 spiro atoms. The number of aliphatic imine (C=N–C) groups is 1. The van der Waals surface area contributed by atoms with Crippen LogP contribution in [0.2, 0.25) is 0 Å². The molecule has 0 aliphatic carbocycles. The van der Waals surface area contributed by atoms with E-state index in [1.165, 1.54) is 76.8 Å². The summed E-state index contributed by atoms with van der Waals surface area (Å²) in [6, 6.07) is 0. The van der Waals surface area contributed by atoms with Gasteiger partial charge in [0.05, 0.1) is 6.61 Å². The number of nitrogens with zero attached hydrogens (tertiary/aromatic N) is 1. The lowest BCUT2D eigenvalue weighted by Gasteiger charge is -1.99. The molecule has 0 aromatic rings. The second-order valence-corrected chi connectivity index (χ2v) is 6.22. The fourth-order valence-corrected chi connectivity index (χ4v) is 2.55. The molecule has 0 fully saturated rings. The smallest absolute Gasteiger partial charge is 0.245 e. The van der Waals surface area contributed by atoms with Gasteiger partial charge in [0.25, 0.3) is 0 Å². The van der Waals surface area contributed by atoms with E-state index in [1.807, 2.05) is 0 Å². The maximum Gasteiger partial charge on any atom is 0.245 e. The summed E-state index contributed by atoms with van der Waals surface area (Å²) in [7, 11) is 0. The summed E-state index contributed by atoms with van der Waals surface area (Å²) in [6.07, 6.45) is 22.8. The van der Waals surface area contributed by atoms with Crippen molar-refractivity contribution in [1.82, 2.24) is 0 Å². The number of carbonyl (C=O) groups excluding carboxylic acids is 1. The first-order valence-corrected chi connectivity index (χ1v) is 9.62. The molecule has 0 radical (unpaired) electrons. The van der Waals surface area contributed by atoms with Crippen LogP contribution in [0.1, 0.15) is 96.8 Å². The average molecular weight is 324 g/mol. The first-order valence-electron chi connectivity index (χ1n) is 9.62. The van der Waals surface area contributed by atoms with E-state index in [9.17, 15) is 4.79 Å². The number of allylic oxidation sites excluding steroid dienone is 2. The molecule has 0 rings (SSSR count). The zero-order valence-corrected chi connectivity index (χ0v) is 15.1. The molecule has 0 bridgehead atoms. The monoisotopic (exact) mass is 323 g/mol. The van der Waals surface area contributed by atoms with Crippen LogP contribution in [0.25, 0.3) is 0 Å². The SMILES string of the molecule is CCCCCCCC/C=C\CCCCCCCC(=O)N=CCO. The van der Waals surface area contributed by atoms with Gasteiger partial charge in [0, 0.05) is 12.6 Å². The van der Waals surface area contributed by atoms with Gasteiger partial charge in [0.1, 0.15) is 0 Å². The van der Waals surface area contributed by atoms with Crippen LogP contribution < -0.4 is 0 Å². The zero-order chi connectivity index (χ0) is 17.0. The third kappa shape index (κ3) is 19.0. The van der Waals surface area contributed by atoms with E-state index in [4.69, 9.17) is 5.11 Å². The van der Waals surface area contributed by atoms with Crippen LogP contribution in [0.15, 0.2) is 17.1 Å². The molecule has 0 heterocycles. The van der Waals surface area contributed by atoms with Gasteiger partial charge < -0.3 is 5.11 Å². The van der Waals surface area contributed by atoms with Crippen molar-refractivity contribution >= 4 is 12.1 Å². The number of hydrogen-bond donors (Lipinski definition) is 1. The maximum absolute atomic E-state index is 11.2. The molecule has 0 unspecified atom stereocenters. The van der Waals surface area contributed by atoms with Crippen LogP contribution in [0.4, 0.5) is 0 Å². The number of aliphatic hydroxyl groups is 1. The molecule has 3 nitrogen and oxygen atoms in total. The molecule has 0 atom stereocenters. The fourth-order valence-electron chi connectivity index (χ4n) is 2.55. The molecule has 0 aromatic heterocycles. The minimum Gasteiger partial charge on any atom is -0.391 e. The molecule has 3 heteroatoms. The van der Waals surface area contributed by atoms with E-state index in [0.717, 1.165) is 12.8 Å². The zero-order valence-electron chi connectivity index (χ0n) is 15.1. The van der Waals surface area contributed by atoms with Crippen LogP contribution in [0.3, 0.4) is 0 Å². The Morgan fingerprint density at radius 1 is 0.826 bits per heavy atom. The third-order valence-corrected chi connectivity index (χ3v) is 3.97. The van der Waals surface area contributed by atoms with Gasteiger partial charge in [0.2, 0.25) is 5.91 Å². The molecule has 134 valence electrons. The molecule has 0 saturated heterocycles. The number of unbranched alkanes of at least 4 members (excludes halogenated alkanes) is 11. The van der Waals surface area contributed by atoms with E-state index < -0.39 is 0 Å². The van der Waals surface area contributed by atoms with Gasteiger partial charge in [-0.2, -0.15) is 0 Å². The Kier molecular flexibility index (Phi) is 18.3. The highest BCUT2D eigenvalue weighted by Crippen LogP contribution is 2.10. The number of rotatable bonds is 16.